The van der Waals surface area contributed by atoms with Gasteiger partial charge in [-0.05, 0) is 38.0 Å². The number of halogens is 3. The summed E-state index contributed by atoms with van der Waals surface area (Å²) < 4.78 is 47.5. The quantitative estimate of drug-likeness (QED) is 0.631. The molecule has 1 aliphatic rings. The van der Waals surface area contributed by atoms with Crippen LogP contribution in [0.25, 0.3) is 16.6 Å². The van der Waals surface area contributed by atoms with Crippen LogP contribution in [0.2, 0.25) is 0 Å². The standard InChI is InChI=1S/C19H16F3N3O2/c1-2-27-18(26)13-10-24-25(17(13)11-5-6-11)16-9-15-12(4-3-7-23-15)8-14(16)19(20,21)22/h3-4,7-11H,2,5-6H2,1H3. The van der Waals surface area contributed by atoms with E-state index in [2.05, 4.69) is 10.1 Å². The van der Waals surface area contributed by atoms with Gasteiger partial charge in [-0.2, -0.15) is 18.3 Å². The van der Waals surface area contributed by atoms with Gasteiger partial charge < -0.3 is 4.74 Å². The molecule has 1 aromatic carbocycles. The highest BCUT2D eigenvalue weighted by molar-refractivity contribution is 5.91. The van der Waals surface area contributed by atoms with E-state index in [0.717, 1.165) is 18.9 Å². The smallest absolute Gasteiger partial charge is 0.418 e. The minimum Gasteiger partial charge on any atom is -0.462 e. The fraction of sp³-hybridized carbons (Fsp3) is 0.316. The zero-order valence-corrected chi connectivity index (χ0v) is 14.5. The Bertz CT molecular complexity index is 1020. The Labute approximate surface area is 152 Å². The van der Waals surface area contributed by atoms with Gasteiger partial charge in [0.05, 0.1) is 35.3 Å². The molecular formula is C19H16F3N3O2. The Kier molecular flexibility index (Phi) is 4.13. The number of carbonyl (C=O) groups is 1. The SMILES string of the molecule is CCOC(=O)c1cnn(-c2cc3ncccc3cc2C(F)(F)F)c1C1CC1. The fourth-order valence-corrected chi connectivity index (χ4v) is 3.18. The van der Waals surface area contributed by atoms with E-state index in [4.69, 9.17) is 4.74 Å². The number of alkyl halides is 3. The van der Waals surface area contributed by atoms with Crippen molar-refractivity contribution in [1.29, 1.82) is 0 Å². The first kappa shape index (κ1) is 17.5. The number of fused-ring (bicyclic) bond motifs is 1. The Morgan fingerprint density at radius 1 is 1.33 bits per heavy atom. The molecule has 8 heteroatoms. The molecule has 4 rings (SSSR count). The Hall–Kier alpha value is -2.90. The number of rotatable bonds is 4. The third kappa shape index (κ3) is 3.15. The maximum absolute atomic E-state index is 13.7. The van der Waals surface area contributed by atoms with E-state index in [0.29, 0.717) is 16.6 Å². The average Bonchev–Trinajstić information content (AvgIpc) is 3.38. The van der Waals surface area contributed by atoms with Crippen LogP contribution >= 0.6 is 0 Å². The summed E-state index contributed by atoms with van der Waals surface area (Å²) in [6.07, 6.45) is -0.171. The lowest BCUT2D eigenvalue weighted by molar-refractivity contribution is -0.137. The molecule has 2 heterocycles. The molecule has 0 spiro atoms. The van der Waals surface area contributed by atoms with Gasteiger partial charge in [0.15, 0.2) is 0 Å². The Balaban J connectivity index is 1.95. The molecule has 1 aliphatic carbocycles. The number of hydrogen-bond donors (Lipinski definition) is 0. The van der Waals surface area contributed by atoms with Crippen molar-refractivity contribution in [1.82, 2.24) is 14.8 Å². The third-order valence-corrected chi connectivity index (χ3v) is 4.52. The van der Waals surface area contributed by atoms with E-state index >= 15 is 0 Å². The summed E-state index contributed by atoms with van der Waals surface area (Å²) in [7, 11) is 0. The van der Waals surface area contributed by atoms with E-state index in [1.165, 1.54) is 23.1 Å². The van der Waals surface area contributed by atoms with Crippen LogP contribution in [0.15, 0.2) is 36.7 Å². The summed E-state index contributed by atoms with van der Waals surface area (Å²) in [6, 6.07) is 5.60. The van der Waals surface area contributed by atoms with E-state index in [-0.39, 0.29) is 23.8 Å². The minimum atomic E-state index is -4.57. The van der Waals surface area contributed by atoms with Gasteiger partial charge in [-0.15, -0.1) is 0 Å². The highest BCUT2D eigenvalue weighted by atomic mass is 19.4. The van der Waals surface area contributed by atoms with Gasteiger partial charge in [0.25, 0.3) is 0 Å². The predicted molar refractivity (Wildman–Crippen MR) is 91.8 cm³/mol. The Morgan fingerprint density at radius 2 is 2.11 bits per heavy atom. The molecule has 0 N–H and O–H groups in total. The Morgan fingerprint density at radius 3 is 2.78 bits per heavy atom. The minimum absolute atomic E-state index is 0.00702. The zero-order valence-electron chi connectivity index (χ0n) is 14.5. The summed E-state index contributed by atoms with van der Waals surface area (Å²) in [6.45, 7) is 1.86. The molecule has 0 bridgehead atoms. The van der Waals surface area contributed by atoms with Gasteiger partial charge in [0, 0.05) is 17.5 Å². The molecule has 140 valence electrons. The molecule has 0 aliphatic heterocycles. The first-order chi connectivity index (χ1) is 12.9. The van der Waals surface area contributed by atoms with Crippen LogP contribution in [0, 0.1) is 0 Å². The molecule has 27 heavy (non-hydrogen) atoms. The molecular weight excluding hydrogens is 359 g/mol. The largest absolute Gasteiger partial charge is 0.462 e. The van der Waals surface area contributed by atoms with Crippen molar-refractivity contribution in [2.45, 2.75) is 31.9 Å². The average molecular weight is 375 g/mol. The first-order valence-electron chi connectivity index (χ1n) is 8.61. The van der Waals surface area contributed by atoms with Gasteiger partial charge in [-0.25, -0.2) is 9.48 Å². The van der Waals surface area contributed by atoms with Gasteiger partial charge in [-0.3, -0.25) is 4.98 Å². The molecule has 0 radical (unpaired) electrons. The van der Waals surface area contributed by atoms with Crippen LogP contribution < -0.4 is 0 Å². The van der Waals surface area contributed by atoms with Gasteiger partial charge in [0.1, 0.15) is 5.56 Å². The van der Waals surface area contributed by atoms with Crippen molar-refractivity contribution < 1.29 is 22.7 Å². The lowest BCUT2D eigenvalue weighted by Crippen LogP contribution is -2.14. The number of carbonyl (C=O) groups excluding carboxylic acids is 1. The second-order valence-corrected chi connectivity index (χ2v) is 6.41. The second-order valence-electron chi connectivity index (χ2n) is 6.41. The number of benzene rings is 1. The number of ether oxygens (including phenoxy) is 1. The van der Waals surface area contributed by atoms with E-state index in [1.54, 1.807) is 19.1 Å². The van der Waals surface area contributed by atoms with E-state index in [1.807, 2.05) is 0 Å². The highest BCUT2D eigenvalue weighted by Crippen LogP contribution is 2.44. The summed E-state index contributed by atoms with van der Waals surface area (Å²) in [5, 5.41) is 4.51. The lowest BCUT2D eigenvalue weighted by Gasteiger charge is -2.16. The number of nitrogens with zero attached hydrogens (tertiary/aromatic N) is 3. The molecule has 0 amide bonds. The van der Waals surface area contributed by atoms with Crippen molar-refractivity contribution in [3.63, 3.8) is 0 Å². The maximum atomic E-state index is 13.7. The molecule has 1 fully saturated rings. The van der Waals surface area contributed by atoms with Crippen LogP contribution in [-0.4, -0.2) is 27.3 Å². The van der Waals surface area contributed by atoms with Gasteiger partial charge in [-0.1, -0.05) is 6.07 Å². The second kappa shape index (κ2) is 6.37. The number of esters is 1. The lowest BCUT2D eigenvalue weighted by atomic mass is 10.1. The van der Waals surface area contributed by atoms with Crippen LogP contribution in [0.3, 0.4) is 0 Å². The van der Waals surface area contributed by atoms with Crippen LogP contribution in [-0.2, 0) is 10.9 Å². The number of hydrogen-bond acceptors (Lipinski definition) is 4. The molecule has 0 atom stereocenters. The highest BCUT2D eigenvalue weighted by Gasteiger charge is 2.38. The van der Waals surface area contributed by atoms with Crippen molar-refractivity contribution in [3.8, 4) is 5.69 Å². The van der Waals surface area contributed by atoms with Crippen molar-refractivity contribution in [3.05, 3.63) is 53.5 Å². The predicted octanol–water partition coefficient (Wildman–Crippen LogP) is 4.49. The normalized spacial score (nSPS) is 14.5. The van der Waals surface area contributed by atoms with Crippen LogP contribution in [0.4, 0.5) is 13.2 Å². The molecule has 1 saturated carbocycles. The summed E-state index contributed by atoms with van der Waals surface area (Å²) in [4.78, 5) is 16.4. The molecule has 5 nitrogen and oxygen atoms in total. The van der Waals surface area contributed by atoms with Crippen LogP contribution in [0.5, 0.6) is 0 Å². The molecule has 0 unspecified atom stereocenters. The van der Waals surface area contributed by atoms with E-state index < -0.39 is 17.7 Å². The topological polar surface area (TPSA) is 57.0 Å². The van der Waals surface area contributed by atoms with Crippen molar-refractivity contribution >= 4 is 16.9 Å². The zero-order chi connectivity index (χ0) is 19.2. The van der Waals surface area contributed by atoms with Gasteiger partial charge in [0.2, 0.25) is 0 Å². The first-order valence-corrected chi connectivity index (χ1v) is 8.61. The third-order valence-electron chi connectivity index (χ3n) is 4.52. The monoisotopic (exact) mass is 375 g/mol. The van der Waals surface area contributed by atoms with Crippen LogP contribution in [0.1, 0.15) is 47.3 Å². The number of aromatic nitrogens is 3. The van der Waals surface area contributed by atoms with E-state index in [9.17, 15) is 18.0 Å². The number of pyridine rings is 1. The van der Waals surface area contributed by atoms with Crippen molar-refractivity contribution in [2.24, 2.45) is 0 Å². The summed E-state index contributed by atoms with van der Waals surface area (Å²) in [5.74, 6) is -0.578. The van der Waals surface area contributed by atoms with Gasteiger partial charge >= 0.3 is 12.1 Å². The molecule has 3 aromatic rings. The van der Waals surface area contributed by atoms with Crippen molar-refractivity contribution in [2.75, 3.05) is 6.61 Å². The summed E-state index contributed by atoms with van der Waals surface area (Å²) in [5.41, 5.74) is 0.160. The molecule has 2 aromatic heterocycles. The fourth-order valence-electron chi connectivity index (χ4n) is 3.18. The molecule has 0 saturated heterocycles. The maximum Gasteiger partial charge on any atom is 0.418 e. The summed E-state index contributed by atoms with van der Waals surface area (Å²) >= 11 is 0.